The molecule has 2 heteroatoms. The van der Waals surface area contributed by atoms with E-state index in [0.29, 0.717) is 0 Å². The van der Waals surface area contributed by atoms with Gasteiger partial charge in [-0.1, -0.05) is 127 Å². The molecule has 0 N–H and O–H groups in total. The molecule has 8 aromatic carbocycles. The van der Waals surface area contributed by atoms with Gasteiger partial charge in [0, 0.05) is 38.9 Å². The second-order valence-corrected chi connectivity index (χ2v) is 13.5. The van der Waals surface area contributed by atoms with Crippen LogP contribution in [0, 0.1) is 0 Å². The molecule has 0 fully saturated rings. The lowest BCUT2D eigenvalue weighted by Crippen LogP contribution is -2.22. The van der Waals surface area contributed by atoms with Crippen LogP contribution >= 0.6 is 0 Å². The summed E-state index contributed by atoms with van der Waals surface area (Å²) in [5.74, 6) is 0. The zero-order chi connectivity index (χ0) is 33.2. The third kappa shape index (κ3) is 4.22. The number of nitrogens with zero attached hydrogens (tertiary/aromatic N) is 2. The predicted molar refractivity (Wildman–Crippen MR) is 210 cm³/mol. The average molecular weight is 639 g/mol. The molecule has 236 valence electrons. The van der Waals surface area contributed by atoms with E-state index >= 15 is 0 Å². The highest BCUT2D eigenvalue weighted by Gasteiger charge is 2.40. The van der Waals surface area contributed by atoms with Gasteiger partial charge in [0.15, 0.2) is 0 Å². The van der Waals surface area contributed by atoms with Crippen LogP contribution in [0.15, 0.2) is 188 Å². The van der Waals surface area contributed by atoms with Crippen LogP contribution in [0.3, 0.4) is 0 Å². The average Bonchev–Trinajstić information content (AvgIpc) is 3.65. The number of anilines is 3. The van der Waals surface area contributed by atoms with Gasteiger partial charge in [-0.25, -0.2) is 0 Å². The normalized spacial score (nSPS) is 13.1. The van der Waals surface area contributed by atoms with Gasteiger partial charge in [0.2, 0.25) is 0 Å². The molecule has 0 radical (unpaired) electrons. The van der Waals surface area contributed by atoms with Crippen molar-refractivity contribution < 1.29 is 0 Å². The van der Waals surface area contributed by atoms with Crippen LogP contribution in [0.1, 0.15) is 23.6 Å². The molecule has 1 aliphatic carbocycles. The summed E-state index contributed by atoms with van der Waals surface area (Å²) in [4.78, 5) is 2.38. The molecule has 0 amide bonds. The number of hydrogen-bond donors (Lipinski definition) is 0. The zero-order valence-corrected chi connectivity index (χ0v) is 27.8. The molecule has 2 nitrogen and oxygen atoms in total. The predicted octanol–water partition coefficient (Wildman–Crippen LogP) is 12.7. The fourth-order valence-electron chi connectivity index (χ4n) is 8.43. The van der Waals surface area contributed by atoms with Crippen LogP contribution in [0.4, 0.5) is 17.1 Å². The molecule has 0 unspecified atom stereocenters. The highest BCUT2D eigenvalue weighted by atomic mass is 15.1. The Morgan fingerprint density at radius 2 is 1.00 bits per heavy atom. The van der Waals surface area contributed by atoms with Gasteiger partial charge in [-0.05, 0) is 106 Å². The minimum atomic E-state index is -0.229. The molecule has 1 heterocycles. The molecule has 0 spiro atoms. The monoisotopic (exact) mass is 638 g/mol. The van der Waals surface area contributed by atoms with Crippen molar-refractivity contribution in [1.82, 2.24) is 4.57 Å². The first-order valence-electron chi connectivity index (χ1n) is 17.4. The van der Waals surface area contributed by atoms with Crippen molar-refractivity contribution in [3.05, 3.63) is 205 Å². The molecule has 50 heavy (non-hydrogen) atoms. The number of para-hydroxylation sites is 2. The minimum absolute atomic E-state index is 0.229. The third-order valence-electron chi connectivity index (χ3n) is 10.8. The summed E-state index contributed by atoms with van der Waals surface area (Å²) >= 11 is 0. The van der Waals surface area contributed by atoms with Crippen molar-refractivity contribution in [3.63, 3.8) is 0 Å². The Kier molecular flexibility index (Phi) is 6.34. The Morgan fingerprint density at radius 1 is 0.420 bits per heavy atom. The Bertz CT molecular complexity index is 2670. The van der Waals surface area contributed by atoms with Crippen LogP contribution in [-0.4, -0.2) is 4.57 Å². The van der Waals surface area contributed by atoms with Crippen LogP contribution in [0.2, 0.25) is 0 Å². The van der Waals surface area contributed by atoms with E-state index in [4.69, 9.17) is 0 Å². The van der Waals surface area contributed by atoms with Gasteiger partial charge in [0.25, 0.3) is 0 Å². The van der Waals surface area contributed by atoms with E-state index in [1.165, 1.54) is 66.1 Å². The molecular formula is C48H34N2. The number of benzene rings is 8. The largest absolute Gasteiger partial charge is 0.310 e. The van der Waals surface area contributed by atoms with E-state index in [0.717, 1.165) is 17.1 Å². The zero-order valence-electron chi connectivity index (χ0n) is 27.8. The molecule has 1 aromatic heterocycles. The topological polar surface area (TPSA) is 8.17 Å². The van der Waals surface area contributed by atoms with Gasteiger partial charge in [0.1, 0.15) is 0 Å². The van der Waals surface area contributed by atoms with E-state index in [1.54, 1.807) is 0 Å². The highest BCUT2D eigenvalue weighted by molar-refractivity contribution is 6.11. The number of aromatic nitrogens is 1. The van der Waals surface area contributed by atoms with E-state index in [-0.39, 0.29) is 5.41 Å². The van der Waals surface area contributed by atoms with Gasteiger partial charge >= 0.3 is 0 Å². The molecule has 10 rings (SSSR count). The molecule has 0 atom stereocenters. The van der Waals surface area contributed by atoms with E-state index < -0.39 is 0 Å². The summed E-state index contributed by atoms with van der Waals surface area (Å²) in [6.45, 7) is 2.38. The molecule has 0 saturated carbocycles. The lowest BCUT2D eigenvalue weighted by atomic mass is 9.74. The van der Waals surface area contributed by atoms with Crippen LogP contribution in [0.25, 0.3) is 49.4 Å². The first-order valence-corrected chi connectivity index (χ1v) is 17.4. The van der Waals surface area contributed by atoms with Crippen LogP contribution in [-0.2, 0) is 5.41 Å². The van der Waals surface area contributed by atoms with Gasteiger partial charge in [-0.3, -0.25) is 0 Å². The number of hydrogen-bond acceptors (Lipinski definition) is 1. The maximum absolute atomic E-state index is 2.40. The minimum Gasteiger partial charge on any atom is -0.310 e. The highest BCUT2D eigenvalue weighted by Crippen LogP contribution is 2.52. The summed E-state index contributed by atoms with van der Waals surface area (Å²) in [5.41, 5.74) is 13.4. The van der Waals surface area contributed by atoms with Crippen molar-refractivity contribution in [3.8, 4) is 16.8 Å². The molecular weight excluding hydrogens is 605 g/mol. The first-order chi connectivity index (χ1) is 24.7. The Hall–Kier alpha value is -6.38. The maximum Gasteiger partial charge on any atom is 0.0542 e. The van der Waals surface area contributed by atoms with Gasteiger partial charge in [-0.2, -0.15) is 0 Å². The van der Waals surface area contributed by atoms with Crippen molar-refractivity contribution in [2.45, 2.75) is 12.3 Å². The van der Waals surface area contributed by atoms with Crippen LogP contribution in [0.5, 0.6) is 0 Å². The molecule has 1 aliphatic rings. The van der Waals surface area contributed by atoms with Gasteiger partial charge in [0.05, 0.1) is 11.0 Å². The number of fused-ring (bicyclic) bond motifs is 7. The lowest BCUT2D eigenvalue weighted by Gasteiger charge is -2.30. The summed E-state index contributed by atoms with van der Waals surface area (Å²) in [6, 6.07) is 68.7. The first kappa shape index (κ1) is 28.6. The fraction of sp³-hybridized carbons (Fsp3) is 0.0417. The second-order valence-electron chi connectivity index (χ2n) is 13.5. The van der Waals surface area contributed by atoms with Gasteiger partial charge in [-0.15, -0.1) is 0 Å². The molecule has 0 saturated heterocycles. The van der Waals surface area contributed by atoms with Crippen molar-refractivity contribution in [2.75, 3.05) is 4.90 Å². The lowest BCUT2D eigenvalue weighted by molar-refractivity contribution is 0.714. The molecule has 9 aromatic rings. The Labute approximate surface area is 292 Å². The molecule has 0 bridgehead atoms. The van der Waals surface area contributed by atoms with Crippen LogP contribution < -0.4 is 4.90 Å². The fourth-order valence-corrected chi connectivity index (χ4v) is 8.43. The third-order valence-corrected chi connectivity index (χ3v) is 10.8. The summed E-state index contributed by atoms with van der Waals surface area (Å²) in [7, 11) is 0. The maximum atomic E-state index is 2.40. The van der Waals surface area contributed by atoms with E-state index in [1.807, 2.05) is 0 Å². The summed E-state index contributed by atoms with van der Waals surface area (Å²) in [5, 5.41) is 4.96. The summed E-state index contributed by atoms with van der Waals surface area (Å²) in [6.07, 6.45) is 0. The van der Waals surface area contributed by atoms with Crippen molar-refractivity contribution >= 4 is 49.6 Å². The van der Waals surface area contributed by atoms with E-state index in [9.17, 15) is 0 Å². The quantitative estimate of drug-likeness (QED) is 0.182. The van der Waals surface area contributed by atoms with Crippen molar-refractivity contribution in [1.29, 1.82) is 0 Å². The second kappa shape index (κ2) is 11.1. The Balaban J connectivity index is 1.12. The van der Waals surface area contributed by atoms with Gasteiger partial charge < -0.3 is 9.47 Å². The SMILES string of the molecule is CC1(c2ccc(N(c3ccccc3)c3ccc4c(c3)c3ccccc3n4-c3ccc4ccccc4c3)cc2)c2ccccc2-c2ccccc21. The summed E-state index contributed by atoms with van der Waals surface area (Å²) < 4.78 is 2.40. The smallest absolute Gasteiger partial charge is 0.0542 e. The number of rotatable bonds is 5. The van der Waals surface area contributed by atoms with E-state index in [2.05, 4.69) is 204 Å². The molecule has 0 aliphatic heterocycles. The standard InChI is InChI=1S/C48H34N2/c1-48(44-20-10-7-17-40(44)41-18-8-11-21-45(41)48)35-24-27-37(28-25-35)49(36-15-3-2-4-16-36)39-29-30-47-43(32-39)42-19-9-12-22-46(42)50(47)38-26-23-33-13-5-6-14-34(33)31-38/h2-32H,1H3. The van der Waals surface area contributed by atoms with Crippen molar-refractivity contribution in [2.24, 2.45) is 0 Å². The Morgan fingerprint density at radius 3 is 1.76 bits per heavy atom.